The number of hydrogen-bond donors (Lipinski definition) is 0. The first-order valence-corrected chi connectivity index (χ1v) is 12.4. The highest BCUT2D eigenvalue weighted by Gasteiger charge is 2.47. The lowest BCUT2D eigenvalue weighted by atomic mass is 9.71. The van der Waals surface area contributed by atoms with Crippen molar-refractivity contribution in [2.75, 3.05) is 13.7 Å². The van der Waals surface area contributed by atoms with Gasteiger partial charge in [0, 0.05) is 36.3 Å². The van der Waals surface area contributed by atoms with Crippen molar-refractivity contribution in [1.82, 2.24) is 9.47 Å². The number of fused-ring (bicyclic) bond motifs is 2. The van der Waals surface area contributed by atoms with Crippen molar-refractivity contribution in [3.8, 4) is 5.75 Å². The van der Waals surface area contributed by atoms with Crippen LogP contribution in [-0.4, -0.2) is 34.8 Å². The van der Waals surface area contributed by atoms with Crippen molar-refractivity contribution >= 4 is 17.0 Å². The van der Waals surface area contributed by atoms with E-state index in [1.807, 2.05) is 40.0 Å². The predicted octanol–water partition coefficient (Wildman–Crippen LogP) is 6.63. The zero-order chi connectivity index (χ0) is 24.2. The standard InChI is InChI=1S/C29H36N2O3/c1-18-7-9-20(10-8-18)27-22-12-11-21(22)16-30(27)17-24-23-13-14-31(28(32)34-29(3,4)5)26(23)19(2)15-25(24)33-6/h7-10,13-15,21-22,27H,11-12,16-17H2,1-6H3. The molecule has 3 unspecified atom stereocenters. The Morgan fingerprint density at radius 3 is 2.44 bits per heavy atom. The molecule has 5 nitrogen and oxygen atoms in total. The molecule has 1 saturated heterocycles. The van der Waals surface area contributed by atoms with E-state index in [2.05, 4.69) is 42.2 Å². The molecule has 1 aromatic heterocycles. The van der Waals surface area contributed by atoms with Crippen LogP contribution in [0.15, 0.2) is 42.6 Å². The van der Waals surface area contributed by atoms with Gasteiger partial charge in [-0.3, -0.25) is 9.47 Å². The molecule has 1 aliphatic carbocycles. The van der Waals surface area contributed by atoms with E-state index in [1.54, 1.807) is 11.7 Å². The summed E-state index contributed by atoms with van der Waals surface area (Å²) in [6.07, 6.45) is 4.10. The van der Waals surface area contributed by atoms with E-state index < -0.39 is 5.60 Å². The fraction of sp³-hybridized carbons (Fsp3) is 0.483. The fourth-order valence-electron chi connectivity index (χ4n) is 5.88. The Labute approximate surface area is 202 Å². The number of hydrogen-bond acceptors (Lipinski definition) is 4. The largest absolute Gasteiger partial charge is 0.496 e. The van der Waals surface area contributed by atoms with Crippen molar-refractivity contribution in [3.63, 3.8) is 0 Å². The smallest absolute Gasteiger partial charge is 0.419 e. The maximum atomic E-state index is 13.0. The highest BCUT2D eigenvalue weighted by atomic mass is 16.6. The first-order chi connectivity index (χ1) is 16.2. The summed E-state index contributed by atoms with van der Waals surface area (Å²) >= 11 is 0. The molecule has 0 bridgehead atoms. The Bertz CT molecular complexity index is 1220. The summed E-state index contributed by atoms with van der Waals surface area (Å²) in [7, 11) is 1.74. The van der Waals surface area contributed by atoms with Gasteiger partial charge in [0.25, 0.3) is 0 Å². The summed E-state index contributed by atoms with van der Waals surface area (Å²) in [5, 5.41) is 1.06. The molecule has 3 aromatic rings. The number of nitrogens with zero attached hydrogens (tertiary/aromatic N) is 2. The third-order valence-electron chi connectivity index (χ3n) is 7.56. The van der Waals surface area contributed by atoms with Gasteiger partial charge in [0.05, 0.1) is 12.6 Å². The topological polar surface area (TPSA) is 43.7 Å². The van der Waals surface area contributed by atoms with Gasteiger partial charge in [-0.1, -0.05) is 29.8 Å². The minimum absolute atomic E-state index is 0.349. The van der Waals surface area contributed by atoms with Gasteiger partial charge in [0.15, 0.2) is 0 Å². The molecule has 3 atom stereocenters. The molecule has 0 spiro atoms. The van der Waals surface area contributed by atoms with Gasteiger partial charge in [-0.15, -0.1) is 0 Å². The van der Waals surface area contributed by atoms with Crippen LogP contribution in [0.4, 0.5) is 4.79 Å². The lowest BCUT2D eigenvalue weighted by Gasteiger charge is -2.34. The van der Waals surface area contributed by atoms with E-state index >= 15 is 0 Å². The molecule has 5 heteroatoms. The maximum Gasteiger partial charge on any atom is 0.419 e. The lowest BCUT2D eigenvalue weighted by molar-refractivity contribution is 0.0544. The van der Waals surface area contributed by atoms with E-state index in [9.17, 15) is 4.79 Å². The Balaban J connectivity index is 1.54. The molecular weight excluding hydrogens is 424 g/mol. The molecule has 1 saturated carbocycles. The van der Waals surface area contributed by atoms with Crippen molar-refractivity contribution in [3.05, 3.63) is 64.8 Å². The number of aromatic nitrogens is 1. The normalized spacial score (nSPS) is 22.5. The summed E-state index contributed by atoms with van der Waals surface area (Å²) in [5.41, 5.74) is 5.20. The average molecular weight is 461 g/mol. The summed E-state index contributed by atoms with van der Waals surface area (Å²) < 4.78 is 13.2. The van der Waals surface area contributed by atoms with Crippen LogP contribution in [0.2, 0.25) is 0 Å². The average Bonchev–Trinajstić information content (AvgIpc) is 3.30. The Hall–Kier alpha value is -2.79. The van der Waals surface area contributed by atoms with E-state index in [0.717, 1.165) is 52.7 Å². The minimum atomic E-state index is -0.549. The quantitative estimate of drug-likeness (QED) is 0.438. The molecule has 0 N–H and O–H groups in total. The van der Waals surface area contributed by atoms with Gasteiger partial charge in [0.2, 0.25) is 0 Å². The monoisotopic (exact) mass is 460 g/mol. The predicted molar refractivity (Wildman–Crippen MR) is 135 cm³/mol. The van der Waals surface area contributed by atoms with E-state index in [4.69, 9.17) is 9.47 Å². The molecule has 180 valence electrons. The SMILES string of the molecule is COc1cc(C)c2c(ccn2C(=O)OC(C)(C)C)c1CN1CC2CCC2C1c1ccc(C)cc1. The van der Waals surface area contributed by atoms with Crippen LogP contribution in [0.25, 0.3) is 10.9 Å². The van der Waals surface area contributed by atoms with Gasteiger partial charge in [0.1, 0.15) is 11.4 Å². The minimum Gasteiger partial charge on any atom is -0.496 e. The maximum absolute atomic E-state index is 13.0. The van der Waals surface area contributed by atoms with Crippen molar-refractivity contribution < 1.29 is 14.3 Å². The van der Waals surface area contributed by atoms with Gasteiger partial charge >= 0.3 is 6.09 Å². The lowest BCUT2D eigenvalue weighted by Crippen LogP contribution is -2.27. The third-order valence-corrected chi connectivity index (χ3v) is 7.56. The Kier molecular flexibility index (Phi) is 5.71. The number of carbonyl (C=O) groups excluding carboxylic acids is 1. The molecule has 34 heavy (non-hydrogen) atoms. The van der Waals surface area contributed by atoms with E-state index in [0.29, 0.717) is 6.04 Å². The number of carbonyl (C=O) groups is 1. The second-order valence-corrected chi connectivity index (χ2v) is 11.1. The van der Waals surface area contributed by atoms with Crippen molar-refractivity contribution in [1.29, 1.82) is 0 Å². The zero-order valence-electron chi connectivity index (χ0n) is 21.2. The molecular formula is C29H36N2O3. The van der Waals surface area contributed by atoms with Crippen LogP contribution in [-0.2, 0) is 11.3 Å². The molecule has 2 aromatic carbocycles. The highest BCUT2D eigenvalue weighted by Crippen LogP contribution is 2.53. The molecule has 0 amide bonds. The molecule has 2 heterocycles. The van der Waals surface area contributed by atoms with Crippen LogP contribution in [0, 0.1) is 25.7 Å². The summed E-state index contributed by atoms with van der Waals surface area (Å²) in [6, 6.07) is 13.6. The summed E-state index contributed by atoms with van der Waals surface area (Å²) in [5.74, 6) is 2.37. The van der Waals surface area contributed by atoms with Crippen LogP contribution < -0.4 is 4.74 Å². The fourth-order valence-corrected chi connectivity index (χ4v) is 5.88. The van der Waals surface area contributed by atoms with Gasteiger partial charge in [-0.25, -0.2) is 4.79 Å². The Morgan fingerprint density at radius 1 is 1.09 bits per heavy atom. The molecule has 1 aliphatic heterocycles. The second kappa shape index (κ2) is 8.46. The van der Waals surface area contributed by atoms with Crippen LogP contribution in [0.5, 0.6) is 5.75 Å². The number of benzene rings is 2. The number of ether oxygens (including phenoxy) is 2. The van der Waals surface area contributed by atoms with E-state index in [-0.39, 0.29) is 6.09 Å². The zero-order valence-corrected chi connectivity index (χ0v) is 21.2. The molecule has 2 aliphatic rings. The van der Waals surface area contributed by atoms with Gasteiger partial charge in [-0.2, -0.15) is 0 Å². The van der Waals surface area contributed by atoms with Crippen molar-refractivity contribution in [2.24, 2.45) is 11.8 Å². The number of aryl methyl sites for hydroxylation is 2. The summed E-state index contributed by atoms with van der Waals surface area (Å²) in [4.78, 5) is 15.6. The molecule has 0 radical (unpaired) electrons. The van der Waals surface area contributed by atoms with E-state index in [1.165, 1.54) is 24.0 Å². The second-order valence-electron chi connectivity index (χ2n) is 11.1. The first kappa shape index (κ1) is 23.0. The van der Waals surface area contributed by atoms with Crippen LogP contribution >= 0.6 is 0 Å². The number of rotatable bonds is 4. The third kappa shape index (κ3) is 4.00. The first-order valence-electron chi connectivity index (χ1n) is 12.4. The summed E-state index contributed by atoms with van der Waals surface area (Å²) in [6.45, 7) is 11.8. The Morgan fingerprint density at radius 2 is 1.82 bits per heavy atom. The van der Waals surface area contributed by atoms with Crippen molar-refractivity contribution in [2.45, 2.75) is 65.6 Å². The van der Waals surface area contributed by atoms with Crippen LogP contribution in [0.1, 0.15) is 61.9 Å². The highest BCUT2D eigenvalue weighted by molar-refractivity contribution is 5.95. The molecule has 2 fully saturated rings. The molecule has 5 rings (SSSR count). The van der Waals surface area contributed by atoms with Gasteiger partial charge in [-0.05, 0) is 82.6 Å². The van der Waals surface area contributed by atoms with Gasteiger partial charge < -0.3 is 9.47 Å². The number of likely N-dealkylation sites (tertiary alicyclic amines) is 1. The van der Waals surface area contributed by atoms with Crippen LogP contribution in [0.3, 0.4) is 0 Å². The number of methoxy groups -OCH3 is 1.